The number of rotatable bonds is 3. The lowest BCUT2D eigenvalue weighted by Crippen LogP contribution is -2.04. The van der Waals surface area contributed by atoms with Gasteiger partial charge in [-0.05, 0) is 17.5 Å². The van der Waals surface area contributed by atoms with Gasteiger partial charge in [0.05, 0.1) is 6.42 Å². The van der Waals surface area contributed by atoms with E-state index in [9.17, 15) is 9.18 Å². The van der Waals surface area contributed by atoms with Crippen molar-refractivity contribution in [3.63, 3.8) is 0 Å². The minimum absolute atomic E-state index is 0.0749. The molecular formula is C11H11FO4. The van der Waals surface area contributed by atoms with Gasteiger partial charge in [-0.3, -0.25) is 4.79 Å². The molecule has 2 rings (SSSR count). The Morgan fingerprint density at radius 3 is 2.75 bits per heavy atom. The molecule has 1 atom stereocenters. The van der Waals surface area contributed by atoms with E-state index in [-0.39, 0.29) is 13.2 Å². The Kier molecular flexibility index (Phi) is 2.68. The molecule has 1 N–H and O–H groups in total. The average molecular weight is 226 g/mol. The fourth-order valence-electron chi connectivity index (χ4n) is 1.68. The summed E-state index contributed by atoms with van der Waals surface area (Å²) in [7, 11) is 0. The van der Waals surface area contributed by atoms with E-state index >= 15 is 0 Å². The summed E-state index contributed by atoms with van der Waals surface area (Å²) in [5, 5.41) is 8.65. The van der Waals surface area contributed by atoms with Crippen molar-refractivity contribution >= 4 is 5.97 Å². The van der Waals surface area contributed by atoms with E-state index in [2.05, 4.69) is 0 Å². The number of carboxylic acids is 1. The summed E-state index contributed by atoms with van der Waals surface area (Å²) in [6.45, 7) is 1.74. The van der Waals surface area contributed by atoms with Crippen molar-refractivity contribution in [2.24, 2.45) is 0 Å². The van der Waals surface area contributed by atoms with Crippen LogP contribution >= 0.6 is 0 Å². The van der Waals surface area contributed by atoms with E-state index in [0.29, 0.717) is 17.1 Å². The summed E-state index contributed by atoms with van der Waals surface area (Å²) in [5.41, 5.74) is 0.339. The average Bonchev–Trinajstić information content (AvgIpc) is 2.61. The molecule has 0 saturated carbocycles. The van der Waals surface area contributed by atoms with Crippen molar-refractivity contribution in [3.8, 4) is 11.5 Å². The molecule has 1 unspecified atom stereocenters. The van der Waals surface area contributed by atoms with Crippen LogP contribution in [0.3, 0.4) is 0 Å². The largest absolute Gasteiger partial charge is 0.481 e. The number of carboxylic acid groups (broad SMARTS) is 1. The molecular weight excluding hydrogens is 215 g/mol. The van der Waals surface area contributed by atoms with Gasteiger partial charge in [0.25, 0.3) is 0 Å². The number of ether oxygens (including phenoxy) is 2. The number of hydrogen-bond acceptors (Lipinski definition) is 3. The van der Waals surface area contributed by atoms with Crippen LogP contribution in [0.25, 0.3) is 0 Å². The summed E-state index contributed by atoms with van der Waals surface area (Å²) >= 11 is 0. The Morgan fingerprint density at radius 1 is 1.50 bits per heavy atom. The monoisotopic (exact) mass is 226 g/mol. The molecule has 0 saturated heterocycles. The first kappa shape index (κ1) is 10.7. The molecule has 0 radical (unpaired) electrons. The summed E-state index contributed by atoms with van der Waals surface area (Å²) in [4.78, 5) is 10.5. The first-order valence-electron chi connectivity index (χ1n) is 4.88. The molecule has 5 heteroatoms. The van der Waals surface area contributed by atoms with Gasteiger partial charge >= 0.3 is 5.97 Å². The maximum Gasteiger partial charge on any atom is 0.303 e. The highest BCUT2D eigenvalue weighted by molar-refractivity contribution is 5.68. The highest BCUT2D eigenvalue weighted by Gasteiger charge is 2.21. The van der Waals surface area contributed by atoms with Crippen LogP contribution in [0.5, 0.6) is 11.5 Å². The minimum atomic E-state index is -0.954. The SMILES string of the molecule is CC(CC(=O)O)c1cc2c(cc1F)OCO2. The van der Waals surface area contributed by atoms with Gasteiger partial charge in [-0.25, -0.2) is 4.39 Å². The van der Waals surface area contributed by atoms with Crippen LogP contribution in [-0.4, -0.2) is 17.9 Å². The summed E-state index contributed by atoms with van der Waals surface area (Å²) < 4.78 is 23.7. The van der Waals surface area contributed by atoms with Gasteiger partial charge in [-0.2, -0.15) is 0 Å². The molecule has 0 fully saturated rings. The Bertz CT molecular complexity index is 430. The zero-order valence-electron chi connectivity index (χ0n) is 8.70. The number of carbonyl (C=O) groups is 1. The van der Waals surface area contributed by atoms with E-state index in [1.54, 1.807) is 6.92 Å². The topological polar surface area (TPSA) is 55.8 Å². The molecule has 1 aromatic rings. The maximum absolute atomic E-state index is 13.6. The standard InChI is InChI=1S/C11H11FO4/c1-6(2-11(13)14)7-3-9-10(4-8(7)12)16-5-15-9/h3-4,6H,2,5H2,1H3,(H,13,14). The van der Waals surface area contributed by atoms with Crippen molar-refractivity contribution in [3.05, 3.63) is 23.5 Å². The third-order valence-electron chi connectivity index (χ3n) is 2.50. The highest BCUT2D eigenvalue weighted by Crippen LogP contribution is 2.37. The van der Waals surface area contributed by atoms with Crippen molar-refractivity contribution < 1.29 is 23.8 Å². The van der Waals surface area contributed by atoms with Gasteiger partial charge in [0, 0.05) is 6.07 Å². The second-order valence-corrected chi connectivity index (χ2v) is 3.73. The van der Waals surface area contributed by atoms with Gasteiger partial charge in [0.15, 0.2) is 11.5 Å². The number of halogens is 1. The van der Waals surface area contributed by atoms with Crippen LogP contribution < -0.4 is 9.47 Å². The first-order valence-corrected chi connectivity index (χ1v) is 4.88. The summed E-state index contributed by atoms with van der Waals surface area (Å²) in [6, 6.07) is 2.74. The smallest absolute Gasteiger partial charge is 0.303 e. The van der Waals surface area contributed by atoms with Crippen LogP contribution in [-0.2, 0) is 4.79 Å². The van der Waals surface area contributed by atoms with Gasteiger partial charge in [0.2, 0.25) is 6.79 Å². The van der Waals surface area contributed by atoms with Gasteiger partial charge in [-0.1, -0.05) is 6.92 Å². The molecule has 0 amide bonds. The molecule has 4 nitrogen and oxygen atoms in total. The fraction of sp³-hybridized carbons (Fsp3) is 0.364. The Hall–Kier alpha value is -1.78. The number of fused-ring (bicyclic) bond motifs is 1. The van der Waals surface area contributed by atoms with Crippen LogP contribution in [0.15, 0.2) is 12.1 Å². The zero-order valence-corrected chi connectivity index (χ0v) is 8.70. The third-order valence-corrected chi connectivity index (χ3v) is 2.50. The fourth-order valence-corrected chi connectivity index (χ4v) is 1.68. The predicted molar refractivity (Wildman–Crippen MR) is 53.2 cm³/mol. The number of benzene rings is 1. The highest BCUT2D eigenvalue weighted by atomic mass is 19.1. The lowest BCUT2D eigenvalue weighted by atomic mass is 9.97. The van der Waals surface area contributed by atoms with Crippen LogP contribution in [0.2, 0.25) is 0 Å². The van der Waals surface area contributed by atoms with Crippen molar-refractivity contribution in [1.29, 1.82) is 0 Å². The van der Waals surface area contributed by atoms with Crippen LogP contribution in [0, 0.1) is 5.82 Å². The number of hydrogen-bond donors (Lipinski definition) is 1. The van der Waals surface area contributed by atoms with Gasteiger partial charge < -0.3 is 14.6 Å². The van der Waals surface area contributed by atoms with Crippen molar-refractivity contribution in [1.82, 2.24) is 0 Å². The second-order valence-electron chi connectivity index (χ2n) is 3.73. The minimum Gasteiger partial charge on any atom is -0.481 e. The van der Waals surface area contributed by atoms with E-state index < -0.39 is 17.7 Å². The molecule has 0 aliphatic carbocycles. The van der Waals surface area contributed by atoms with Crippen molar-refractivity contribution in [2.45, 2.75) is 19.3 Å². The number of aliphatic carboxylic acids is 1. The lowest BCUT2D eigenvalue weighted by molar-refractivity contribution is -0.137. The Balaban J connectivity index is 2.30. The summed E-state index contributed by atoms with van der Waals surface area (Å²) in [5.74, 6) is -0.980. The first-order chi connectivity index (χ1) is 7.58. The third kappa shape index (κ3) is 1.93. The van der Waals surface area contributed by atoms with Crippen LogP contribution in [0.1, 0.15) is 24.8 Å². The molecule has 16 heavy (non-hydrogen) atoms. The van der Waals surface area contributed by atoms with Gasteiger partial charge in [-0.15, -0.1) is 0 Å². The zero-order chi connectivity index (χ0) is 11.7. The molecule has 1 heterocycles. The molecule has 0 bridgehead atoms. The van der Waals surface area contributed by atoms with Crippen molar-refractivity contribution in [2.75, 3.05) is 6.79 Å². The predicted octanol–water partition coefficient (Wildman–Crippen LogP) is 2.13. The van der Waals surface area contributed by atoms with E-state index in [1.807, 2.05) is 0 Å². The van der Waals surface area contributed by atoms with Gasteiger partial charge in [0.1, 0.15) is 5.82 Å². The van der Waals surface area contributed by atoms with E-state index in [1.165, 1.54) is 12.1 Å². The van der Waals surface area contributed by atoms with Crippen LogP contribution in [0.4, 0.5) is 4.39 Å². The molecule has 0 spiro atoms. The lowest BCUT2D eigenvalue weighted by Gasteiger charge is -2.11. The second kappa shape index (κ2) is 4.00. The molecule has 86 valence electrons. The Morgan fingerprint density at radius 2 is 2.12 bits per heavy atom. The molecule has 1 aliphatic rings. The maximum atomic E-state index is 13.6. The quantitative estimate of drug-likeness (QED) is 0.857. The normalized spacial score (nSPS) is 14.9. The molecule has 1 aromatic carbocycles. The summed E-state index contributed by atoms with van der Waals surface area (Å²) in [6.07, 6.45) is -0.115. The van der Waals surface area contributed by atoms with E-state index in [4.69, 9.17) is 14.6 Å². The van der Waals surface area contributed by atoms with E-state index in [0.717, 1.165) is 0 Å². The molecule has 1 aliphatic heterocycles. The molecule has 0 aromatic heterocycles. The Labute approximate surface area is 91.6 Å².